The smallest absolute Gasteiger partial charge is 0.337 e. The van der Waals surface area contributed by atoms with Crippen molar-refractivity contribution in [1.82, 2.24) is 0 Å². The van der Waals surface area contributed by atoms with E-state index in [0.717, 1.165) is 12.0 Å². The number of hydrogen-bond acceptors (Lipinski definition) is 3. The van der Waals surface area contributed by atoms with Crippen LogP contribution in [-0.4, -0.2) is 11.1 Å². The van der Waals surface area contributed by atoms with Crippen molar-refractivity contribution in [3.8, 4) is 0 Å². The standard InChI is InChI=1S/C16H18N2O2/c1-2-14(11-7-4-3-5-8-11)18-15-12(16(19)20)9-6-10-13(15)17/h3-10,14,18H,2,17H2,1H3,(H,19,20). The van der Waals surface area contributed by atoms with Crippen LogP contribution in [0.2, 0.25) is 0 Å². The molecule has 1 unspecified atom stereocenters. The first-order valence-corrected chi connectivity index (χ1v) is 6.56. The molecule has 2 rings (SSSR count). The third-order valence-corrected chi connectivity index (χ3v) is 3.26. The van der Waals surface area contributed by atoms with E-state index < -0.39 is 5.97 Å². The molecule has 0 fully saturated rings. The molecule has 4 heteroatoms. The first kappa shape index (κ1) is 13.9. The first-order chi connectivity index (χ1) is 9.63. The Bertz CT molecular complexity index is 597. The van der Waals surface area contributed by atoms with Gasteiger partial charge in [0.25, 0.3) is 0 Å². The Balaban J connectivity index is 2.35. The number of rotatable bonds is 5. The van der Waals surface area contributed by atoms with Gasteiger partial charge in [-0.3, -0.25) is 0 Å². The molecule has 4 nitrogen and oxygen atoms in total. The summed E-state index contributed by atoms with van der Waals surface area (Å²) in [5.74, 6) is -0.984. The molecule has 1 atom stereocenters. The summed E-state index contributed by atoms with van der Waals surface area (Å²) in [5.41, 5.74) is 8.14. The minimum absolute atomic E-state index is 0.0269. The molecule has 0 aliphatic heterocycles. The summed E-state index contributed by atoms with van der Waals surface area (Å²) in [4.78, 5) is 11.3. The molecule has 0 bridgehead atoms. The quantitative estimate of drug-likeness (QED) is 0.726. The van der Waals surface area contributed by atoms with Gasteiger partial charge in [0.05, 0.1) is 23.0 Å². The predicted molar refractivity (Wildman–Crippen MR) is 80.9 cm³/mol. The summed E-state index contributed by atoms with van der Waals surface area (Å²) in [6.45, 7) is 2.05. The third kappa shape index (κ3) is 2.91. The fourth-order valence-electron chi connectivity index (χ4n) is 2.19. The number of carbonyl (C=O) groups is 1. The van der Waals surface area contributed by atoms with Gasteiger partial charge in [-0.1, -0.05) is 43.3 Å². The number of hydrogen-bond donors (Lipinski definition) is 3. The van der Waals surface area contributed by atoms with Crippen LogP contribution in [0.1, 0.15) is 35.3 Å². The summed E-state index contributed by atoms with van der Waals surface area (Å²) in [6.07, 6.45) is 0.831. The number of carboxylic acids is 1. The Morgan fingerprint density at radius 2 is 1.90 bits per heavy atom. The Morgan fingerprint density at radius 1 is 1.20 bits per heavy atom. The Hall–Kier alpha value is -2.49. The average molecular weight is 270 g/mol. The maximum absolute atomic E-state index is 11.3. The lowest BCUT2D eigenvalue weighted by molar-refractivity contribution is 0.0698. The molecule has 0 radical (unpaired) electrons. The summed E-state index contributed by atoms with van der Waals surface area (Å²) in [7, 11) is 0. The fraction of sp³-hybridized carbons (Fsp3) is 0.188. The van der Waals surface area contributed by atoms with Gasteiger partial charge in [-0.2, -0.15) is 0 Å². The highest BCUT2D eigenvalue weighted by molar-refractivity contribution is 5.97. The van der Waals surface area contributed by atoms with Crippen LogP contribution in [0, 0.1) is 0 Å². The SMILES string of the molecule is CCC(Nc1c(N)cccc1C(=O)O)c1ccccc1. The van der Waals surface area contributed by atoms with Gasteiger partial charge in [0, 0.05) is 0 Å². The number of anilines is 2. The van der Waals surface area contributed by atoms with E-state index in [1.165, 1.54) is 0 Å². The van der Waals surface area contributed by atoms with Crippen molar-refractivity contribution in [3.05, 3.63) is 59.7 Å². The molecule has 2 aromatic rings. The van der Waals surface area contributed by atoms with Gasteiger partial charge in [-0.15, -0.1) is 0 Å². The van der Waals surface area contributed by atoms with Crippen LogP contribution in [0.5, 0.6) is 0 Å². The second-order valence-electron chi connectivity index (χ2n) is 4.59. The van der Waals surface area contributed by atoms with Gasteiger partial charge in [0.15, 0.2) is 0 Å². The van der Waals surface area contributed by atoms with E-state index in [1.807, 2.05) is 37.3 Å². The summed E-state index contributed by atoms with van der Waals surface area (Å²) in [6, 6.07) is 14.8. The topological polar surface area (TPSA) is 75.3 Å². The van der Waals surface area contributed by atoms with Crippen molar-refractivity contribution < 1.29 is 9.90 Å². The van der Waals surface area contributed by atoms with E-state index >= 15 is 0 Å². The highest BCUT2D eigenvalue weighted by Gasteiger charge is 2.16. The molecule has 0 saturated heterocycles. The minimum atomic E-state index is -0.984. The lowest BCUT2D eigenvalue weighted by Crippen LogP contribution is -2.14. The van der Waals surface area contributed by atoms with E-state index in [0.29, 0.717) is 11.4 Å². The summed E-state index contributed by atoms with van der Waals surface area (Å²) >= 11 is 0. The van der Waals surface area contributed by atoms with E-state index in [4.69, 9.17) is 5.73 Å². The van der Waals surface area contributed by atoms with Crippen LogP contribution in [0.3, 0.4) is 0 Å². The maximum Gasteiger partial charge on any atom is 0.337 e. The molecular weight excluding hydrogens is 252 g/mol. The molecule has 0 aliphatic carbocycles. The Morgan fingerprint density at radius 3 is 2.50 bits per heavy atom. The molecule has 20 heavy (non-hydrogen) atoms. The Kier molecular flexibility index (Phi) is 4.25. The van der Waals surface area contributed by atoms with Gasteiger partial charge in [0.2, 0.25) is 0 Å². The summed E-state index contributed by atoms with van der Waals surface area (Å²) in [5, 5.41) is 12.5. The average Bonchev–Trinajstić information content (AvgIpc) is 2.46. The number of para-hydroxylation sites is 1. The fourth-order valence-corrected chi connectivity index (χ4v) is 2.19. The highest BCUT2D eigenvalue weighted by Crippen LogP contribution is 2.29. The molecule has 0 aliphatic rings. The maximum atomic E-state index is 11.3. The molecule has 0 heterocycles. The number of nitrogens with two attached hydrogens (primary N) is 1. The van der Waals surface area contributed by atoms with Crippen LogP contribution in [0.25, 0.3) is 0 Å². The van der Waals surface area contributed by atoms with E-state index in [1.54, 1.807) is 18.2 Å². The van der Waals surface area contributed by atoms with Gasteiger partial charge in [-0.05, 0) is 24.1 Å². The third-order valence-electron chi connectivity index (χ3n) is 3.26. The van der Waals surface area contributed by atoms with Crippen LogP contribution in [-0.2, 0) is 0 Å². The minimum Gasteiger partial charge on any atom is -0.478 e. The van der Waals surface area contributed by atoms with E-state index in [-0.39, 0.29) is 11.6 Å². The van der Waals surface area contributed by atoms with Crippen LogP contribution < -0.4 is 11.1 Å². The number of nitrogens with one attached hydrogen (secondary N) is 1. The van der Waals surface area contributed by atoms with Gasteiger partial charge >= 0.3 is 5.97 Å². The number of nitrogen functional groups attached to an aromatic ring is 1. The molecule has 2 aromatic carbocycles. The molecule has 4 N–H and O–H groups in total. The zero-order valence-corrected chi connectivity index (χ0v) is 11.3. The lowest BCUT2D eigenvalue weighted by Gasteiger charge is -2.21. The first-order valence-electron chi connectivity index (χ1n) is 6.56. The molecule has 0 aromatic heterocycles. The monoisotopic (exact) mass is 270 g/mol. The molecular formula is C16H18N2O2. The zero-order chi connectivity index (χ0) is 14.5. The molecule has 104 valence electrons. The predicted octanol–water partition coefficient (Wildman–Crippen LogP) is 3.53. The second-order valence-corrected chi connectivity index (χ2v) is 4.59. The number of aromatic carboxylic acids is 1. The van der Waals surface area contributed by atoms with Crippen molar-refractivity contribution in [1.29, 1.82) is 0 Å². The van der Waals surface area contributed by atoms with Gasteiger partial charge in [0.1, 0.15) is 0 Å². The van der Waals surface area contributed by atoms with Crippen molar-refractivity contribution in [3.63, 3.8) is 0 Å². The van der Waals surface area contributed by atoms with Crippen molar-refractivity contribution in [2.75, 3.05) is 11.1 Å². The number of benzene rings is 2. The van der Waals surface area contributed by atoms with E-state index in [2.05, 4.69) is 5.32 Å². The molecule has 0 saturated carbocycles. The zero-order valence-electron chi connectivity index (χ0n) is 11.3. The van der Waals surface area contributed by atoms with E-state index in [9.17, 15) is 9.90 Å². The molecule has 0 spiro atoms. The van der Waals surface area contributed by atoms with Crippen LogP contribution >= 0.6 is 0 Å². The second kappa shape index (κ2) is 6.10. The highest BCUT2D eigenvalue weighted by atomic mass is 16.4. The largest absolute Gasteiger partial charge is 0.478 e. The van der Waals surface area contributed by atoms with Crippen LogP contribution in [0.4, 0.5) is 11.4 Å². The summed E-state index contributed by atoms with van der Waals surface area (Å²) < 4.78 is 0. The Labute approximate surface area is 118 Å². The van der Waals surface area contributed by atoms with Gasteiger partial charge < -0.3 is 16.2 Å². The lowest BCUT2D eigenvalue weighted by atomic mass is 10.0. The van der Waals surface area contributed by atoms with Gasteiger partial charge in [-0.25, -0.2) is 4.79 Å². The number of carboxylic acid groups (broad SMARTS) is 1. The molecule has 0 amide bonds. The normalized spacial score (nSPS) is 11.8. The van der Waals surface area contributed by atoms with Crippen molar-refractivity contribution >= 4 is 17.3 Å². The van der Waals surface area contributed by atoms with Crippen molar-refractivity contribution in [2.45, 2.75) is 19.4 Å². The van der Waals surface area contributed by atoms with Crippen molar-refractivity contribution in [2.24, 2.45) is 0 Å². The van der Waals surface area contributed by atoms with Crippen LogP contribution in [0.15, 0.2) is 48.5 Å².